The Kier molecular flexibility index (Phi) is 0.704. The molecule has 0 spiro atoms. The van der Waals surface area contributed by atoms with Gasteiger partial charge in [-0.3, -0.25) is 0 Å². The van der Waals surface area contributed by atoms with Crippen molar-refractivity contribution in [2.75, 3.05) is 0 Å². The Bertz CT molecular complexity index is 230. The van der Waals surface area contributed by atoms with Gasteiger partial charge in [-0.15, -0.1) is 11.3 Å². The van der Waals surface area contributed by atoms with Gasteiger partial charge in [0.2, 0.25) is 0 Å². The lowest BCUT2D eigenvalue weighted by atomic mass is 10.5. The maximum absolute atomic E-state index is 4.94. The molecular formula is C6H3OS. The monoisotopic (exact) mass is 123 g/mol. The smallest absolute Gasteiger partial charge is 0.171 e. The molecule has 0 atom stereocenters. The zero-order valence-electron chi connectivity index (χ0n) is 4.05. The first-order valence-electron chi connectivity index (χ1n) is 2.30. The van der Waals surface area contributed by atoms with Gasteiger partial charge in [-0.25, -0.2) is 0 Å². The van der Waals surface area contributed by atoms with Crippen molar-refractivity contribution in [3.63, 3.8) is 0 Å². The molecule has 0 aliphatic heterocycles. The Morgan fingerprint density at radius 1 is 1.62 bits per heavy atom. The van der Waals surface area contributed by atoms with Gasteiger partial charge in [0.15, 0.2) is 6.26 Å². The molecule has 0 aliphatic carbocycles. The summed E-state index contributed by atoms with van der Waals surface area (Å²) in [5, 5.41) is 2.00. The molecule has 2 rings (SSSR count). The Labute approximate surface area is 50.5 Å². The number of fused-ring (bicyclic) bond motifs is 1. The van der Waals surface area contributed by atoms with Crippen molar-refractivity contribution in [3.8, 4) is 0 Å². The second kappa shape index (κ2) is 1.36. The average Bonchev–Trinajstić information content (AvgIpc) is 2.15. The molecule has 0 saturated carbocycles. The molecule has 2 heterocycles. The summed E-state index contributed by atoms with van der Waals surface area (Å²) in [5.41, 5.74) is 0.940. The minimum Gasteiger partial charge on any atom is -0.452 e. The molecule has 8 heavy (non-hydrogen) atoms. The predicted molar refractivity (Wildman–Crippen MR) is 32.9 cm³/mol. The van der Waals surface area contributed by atoms with E-state index in [4.69, 9.17) is 4.42 Å². The van der Waals surface area contributed by atoms with Crippen LogP contribution in [0.15, 0.2) is 21.9 Å². The van der Waals surface area contributed by atoms with Gasteiger partial charge >= 0.3 is 0 Å². The molecule has 0 saturated heterocycles. The van der Waals surface area contributed by atoms with Crippen molar-refractivity contribution in [2.24, 2.45) is 0 Å². The highest BCUT2D eigenvalue weighted by molar-refractivity contribution is 7.17. The zero-order valence-corrected chi connectivity index (χ0v) is 4.87. The van der Waals surface area contributed by atoms with Gasteiger partial charge in [-0.2, -0.15) is 0 Å². The van der Waals surface area contributed by atoms with Crippen molar-refractivity contribution < 1.29 is 4.42 Å². The van der Waals surface area contributed by atoms with Gasteiger partial charge in [-0.1, -0.05) is 0 Å². The van der Waals surface area contributed by atoms with Crippen LogP contribution in [0, 0.1) is 6.26 Å². The molecular weight excluding hydrogens is 120 g/mol. The lowest BCUT2D eigenvalue weighted by Crippen LogP contribution is -1.37. The van der Waals surface area contributed by atoms with E-state index < -0.39 is 0 Å². The van der Waals surface area contributed by atoms with Gasteiger partial charge < -0.3 is 4.42 Å². The van der Waals surface area contributed by atoms with Crippen molar-refractivity contribution in [1.82, 2.24) is 0 Å². The summed E-state index contributed by atoms with van der Waals surface area (Å²) >= 11 is 1.67. The van der Waals surface area contributed by atoms with E-state index >= 15 is 0 Å². The van der Waals surface area contributed by atoms with Crippen LogP contribution in [0.25, 0.3) is 10.3 Å². The van der Waals surface area contributed by atoms with Gasteiger partial charge in [0.25, 0.3) is 0 Å². The Balaban J connectivity index is 3.06. The summed E-state index contributed by atoms with van der Waals surface area (Å²) in [4.78, 5) is 0. The summed E-state index contributed by atoms with van der Waals surface area (Å²) in [6.45, 7) is 0. The second-order valence-corrected chi connectivity index (χ2v) is 2.46. The van der Waals surface area contributed by atoms with Crippen molar-refractivity contribution in [1.29, 1.82) is 0 Å². The maximum Gasteiger partial charge on any atom is 0.171 e. The van der Waals surface area contributed by atoms with Crippen LogP contribution in [-0.2, 0) is 0 Å². The third-order valence-corrected chi connectivity index (χ3v) is 1.86. The van der Waals surface area contributed by atoms with Crippen LogP contribution in [0.4, 0.5) is 0 Å². The largest absolute Gasteiger partial charge is 0.452 e. The van der Waals surface area contributed by atoms with Crippen molar-refractivity contribution >= 4 is 21.6 Å². The normalized spacial score (nSPS) is 10.5. The fraction of sp³-hybridized carbons (Fsp3) is 0. The lowest BCUT2D eigenvalue weighted by molar-refractivity contribution is 0.606. The fourth-order valence-corrected chi connectivity index (χ4v) is 1.33. The molecule has 2 heteroatoms. The molecule has 0 N–H and O–H groups in total. The molecule has 0 aromatic carbocycles. The van der Waals surface area contributed by atoms with E-state index in [1.54, 1.807) is 11.3 Å². The van der Waals surface area contributed by atoms with Gasteiger partial charge in [0.05, 0.1) is 4.70 Å². The SMILES string of the molecule is [c]1cc2sccc2o1. The average molecular weight is 123 g/mol. The van der Waals surface area contributed by atoms with E-state index in [1.165, 1.54) is 4.70 Å². The van der Waals surface area contributed by atoms with E-state index in [-0.39, 0.29) is 0 Å². The summed E-state index contributed by atoms with van der Waals surface area (Å²) < 4.78 is 6.11. The first-order chi connectivity index (χ1) is 3.97. The third-order valence-electron chi connectivity index (χ3n) is 1.02. The number of hydrogen-bond donors (Lipinski definition) is 0. The maximum atomic E-state index is 4.94. The molecule has 0 aliphatic rings. The van der Waals surface area contributed by atoms with E-state index in [9.17, 15) is 0 Å². The van der Waals surface area contributed by atoms with Crippen LogP contribution in [0.3, 0.4) is 0 Å². The molecule has 39 valence electrons. The summed E-state index contributed by atoms with van der Waals surface area (Å²) in [7, 11) is 0. The molecule has 1 radical (unpaired) electrons. The molecule has 0 amide bonds. The minimum atomic E-state index is 0.940. The van der Waals surface area contributed by atoms with E-state index in [1.807, 2.05) is 17.5 Å². The molecule has 1 nitrogen and oxygen atoms in total. The highest BCUT2D eigenvalue weighted by atomic mass is 32.1. The molecule has 0 unspecified atom stereocenters. The van der Waals surface area contributed by atoms with Gasteiger partial charge in [0.1, 0.15) is 5.58 Å². The second-order valence-electron chi connectivity index (χ2n) is 1.51. The highest BCUT2D eigenvalue weighted by Gasteiger charge is 1.93. The van der Waals surface area contributed by atoms with Crippen LogP contribution in [0.1, 0.15) is 0 Å². The topological polar surface area (TPSA) is 13.1 Å². The quantitative estimate of drug-likeness (QED) is 0.523. The molecule has 2 aromatic heterocycles. The predicted octanol–water partition coefficient (Wildman–Crippen LogP) is 2.29. The van der Waals surface area contributed by atoms with Crippen LogP contribution < -0.4 is 0 Å². The summed E-state index contributed by atoms with van der Waals surface area (Å²) in [5.74, 6) is 0. The van der Waals surface area contributed by atoms with Gasteiger partial charge in [0, 0.05) is 6.07 Å². The number of rotatable bonds is 0. The van der Waals surface area contributed by atoms with Crippen molar-refractivity contribution in [3.05, 3.63) is 23.8 Å². The Morgan fingerprint density at radius 2 is 2.62 bits per heavy atom. The first kappa shape index (κ1) is 4.15. The van der Waals surface area contributed by atoms with Crippen LogP contribution in [0.2, 0.25) is 0 Å². The molecule has 0 bridgehead atoms. The van der Waals surface area contributed by atoms with Crippen LogP contribution >= 0.6 is 11.3 Å². The van der Waals surface area contributed by atoms with Crippen LogP contribution in [-0.4, -0.2) is 0 Å². The molecule has 0 fully saturated rings. The molecule has 2 aromatic rings. The van der Waals surface area contributed by atoms with Crippen LogP contribution in [0.5, 0.6) is 0 Å². The van der Waals surface area contributed by atoms with E-state index in [0.29, 0.717) is 0 Å². The first-order valence-corrected chi connectivity index (χ1v) is 3.18. The summed E-state index contributed by atoms with van der Waals surface area (Å²) in [6.07, 6.45) is 2.65. The Morgan fingerprint density at radius 3 is 3.50 bits per heavy atom. The third kappa shape index (κ3) is 0.406. The Hall–Kier alpha value is -0.760. The highest BCUT2D eigenvalue weighted by Crippen LogP contribution is 2.19. The minimum absolute atomic E-state index is 0.940. The summed E-state index contributed by atoms with van der Waals surface area (Å²) in [6, 6.07) is 3.79. The van der Waals surface area contributed by atoms with E-state index in [0.717, 1.165) is 5.58 Å². The van der Waals surface area contributed by atoms with E-state index in [2.05, 4.69) is 6.26 Å². The number of thiophene rings is 1. The standard InChI is InChI=1S/C6H3OS/c1-3-7-5-2-4-8-6(1)5/h1-2,4H. The zero-order chi connectivity index (χ0) is 5.40. The number of furan rings is 1. The fourth-order valence-electron chi connectivity index (χ4n) is 0.645. The number of hydrogen-bond acceptors (Lipinski definition) is 2. The van der Waals surface area contributed by atoms with Crippen molar-refractivity contribution in [2.45, 2.75) is 0 Å². The lowest BCUT2D eigenvalue weighted by Gasteiger charge is -1.64. The van der Waals surface area contributed by atoms with Gasteiger partial charge in [-0.05, 0) is 11.4 Å².